The number of carbonyl (C=O) groups is 2. The van der Waals surface area contributed by atoms with Gasteiger partial charge < -0.3 is 20.1 Å². The Hall–Kier alpha value is -3.34. The van der Waals surface area contributed by atoms with Gasteiger partial charge in [0.2, 0.25) is 0 Å². The van der Waals surface area contributed by atoms with Crippen LogP contribution in [0, 0.1) is 11.3 Å². The van der Waals surface area contributed by atoms with Crippen LogP contribution in [0.3, 0.4) is 0 Å². The van der Waals surface area contributed by atoms with E-state index in [2.05, 4.69) is 16.7 Å². The Bertz CT molecular complexity index is 1050. The number of amides is 2. The minimum atomic E-state index is -0.612. The van der Waals surface area contributed by atoms with Crippen molar-refractivity contribution in [1.29, 1.82) is 5.26 Å². The fraction of sp³-hybridized carbons (Fsp3) is 0.520. The molecule has 0 aliphatic rings. The van der Waals surface area contributed by atoms with Crippen LogP contribution in [0.15, 0.2) is 24.3 Å². The van der Waals surface area contributed by atoms with Gasteiger partial charge in [0.25, 0.3) is 0 Å². The van der Waals surface area contributed by atoms with Crippen molar-refractivity contribution in [3.63, 3.8) is 0 Å². The highest BCUT2D eigenvalue weighted by Gasteiger charge is 2.20. The minimum absolute atomic E-state index is 0.446. The standard InChI is InChI=1S/C25H34N4O4/c1-16(28-23(31)33-25(5,6)7)20-14-18(15-26)19-12-8-10-17(21(19)29-20)11-9-13-27-22(30)32-24(2,3)4/h8,10,12,14,16H,9,11,13H2,1-7H3,(H,27,30)(H,28,31). The number of hydrogen-bond acceptors (Lipinski definition) is 6. The number of benzene rings is 1. The van der Waals surface area contributed by atoms with E-state index in [0.717, 1.165) is 10.9 Å². The third kappa shape index (κ3) is 8.26. The lowest BCUT2D eigenvalue weighted by atomic mass is 10.0. The molecule has 2 N–H and O–H groups in total. The van der Waals surface area contributed by atoms with E-state index in [4.69, 9.17) is 14.5 Å². The van der Waals surface area contributed by atoms with E-state index in [1.807, 2.05) is 39.0 Å². The number of nitrogens with one attached hydrogen (secondary N) is 2. The Morgan fingerprint density at radius 3 is 2.33 bits per heavy atom. The molecule has 0 fully saturated rings. The van der Waals surface area contributed by atoms with Gasteiger partial charge in [-0.15, -0.1) is 0 Å². The van der Waals surface area contributed by atoms with Crippen molar-refractivity contribution in [2.24, 2.45) is 0 Å². The topological polar surface area (TPSA) is 113 Å². The first-order chi connectivity index (χ1) is 15.3. The maximum Gasteiger partial charge on any atom is 0.408 e. The number of ether oxygens (including phenoxy) is 2. The summed E-state index contributed by atoms with van der Waals surface area (Å²) < 4.78 is 10.6. The van der Waals surface area contributed by atoms with Crippen molar-refractivity contribution >= 4 is 23.1 Å². The van der Waals surface area contributed by atoms with Crippen LogP contribution in [0.5, 0.6) is 0 Å². The molecule has 1 aromatic carbocycles. The lowest BCUT2D eigenvalue weighted by molar-refractivity contribution is 0.0501. The number of aromatic nitrogens is 1. The number of alkyl carbamates (subject to hydrolysis) is 2. The Morgan fingerprint density at radius 2 is 1.73 bits per heavy atom. The van der Waals surface area contributed by atoms with Gasteiger partial charge in [-0.1, -0.05) is 18.2 Å². The molecule has 2 amide bonds. The quantitative estimate of drug-likeness (QED) is 0.584. The smallest absolute Gasteiger partial charge is 0.408 e. The number of para-hydroxylation sites is 1. The molecule has 33 heavy (non-hydrogen) atoms. The molecule has 178 valence electrons. The van der Waals surface area contributed by atoms with Gasteiger partial charge in [0.1, 0.15) is 11.2 Å². The highest BCUT2D eigenvalue weighted by Crippen LogP contribution is 2.25. The molecule has 2 rings (SSSR count). The predicted molar refractivity (Wildman–Crippen MR) is 127 cm³/mol. The van der Waals surface area contributed by atoms with Crippen molar-refractivity contribution in [3.05, 3.63) is 41.1 Å². The van der Waals surface area contributed by atoms with Gasteiger partial charge in [0.05, 0.1) is 28.9 Å². The van der Waals surface area contributed by atoms with Crippen molar-refractivity contribution in [1.82, 2.24) is 15.6 Å². The van der Waals surface area contributed by atoms with Crippen molar-refractivity contribution in [2.45, 2.75) is 78.6 Å². The number of pyridine rings is 1. The second-order valence-electron chi connectivity index (χ2n) is 9.92. The molecule has 1 unspecified atom stereocenters. The van der Waals surface area contributed by atoms with Gasteiger partial charge in [0.15, 0.2) is 0 Å². The first-order valence-electron chi connectivity index (χ1n) is 11.1. The van der Waals surface area contributed by atoms with Crippen LogP contribution in [-0.4, -0.2) is 34.9 Å². The zero-order valence-corrected chi connectivity index (χ0v) is 20.5. The number of rotatable bonds is 6. The van der Waals surface area contributed by atoms with Crippen LogP contribution in [0.2, 0.25) is 0 Å². The van der Waals surface area contributed by atoms with Crippen molar-refractivity contribution in [3.8, 4) is 6.07 Å². The second-order valence-corrected chi connectivity index (χ2v) is 9.92. The molecule has 0 radical (unpaired) electrons. The number of aryl methyl sites for hydroxylation is 1. The lowest BCUT2D eigenvalue weighted by Gasteiger charge is -2.22. The summed E-state index contributed by atoms with van der Waals surface area (Å²) in [6.07, 6.45) is 0.340. The molecule has 2 aromatic rings. The molecular formula is C25H34N4O4. The molecule has 0 aliphatic heterocycles. The number of carbonyl (C=O) groups excluding carboxylic acids is 2. The first kappa shape index (κ1) is 25.9. The van der Waals surface area contributed by atoms with E-state index in [0.29, 0.717) is 36.2 Å². The van der Waals surface area contributed by atoms with Gasteiger partial charge in [-0.3, -0.25) is 4.98 Å². The summed E-state index contributed by atoms with van der Waals surface area (Å²) in [4.78, 5) is 28.8. The van der Waals surface area contributed by atoms with E-state index in [1.54, 1.807) is 33.8 Å². The molecule has 1 atom stereocenters. The highest BCUT2D eigenvalue weighted by molar-refractivity contribution is 5.87. The number of hydrogen-bond donors (Lipinski definition) is 2. The molecule has 0 spiro atoms. The average molecular weight is 455 g/mol. The number of nitrogens with zero attached hydrogens (tertiary/aromatic N) is 2. The SMILES string of the molecule is CC(NC(=O)OC(C)(C)C)c1cc(C#N)c2cccc(CCCNC(=O)OC(C)(C)C)c2n1. The third-order valence-electron chi connectivity index (χ3n) is 4.53. The zero-order valence-electron chi connectivity index (χ0n) is 20.5. The van der Waals surface area contributed by atoms with Crippen LogP contribution in [-0.2, 0) is 15.9 Å². The van der Waals surface area contributed by atoms with Gasteiger partial charge in [-0.2, -0.15) is 5.26 Å². The van der Waals surface area contributed by atoms with Gasteiger partial charge in [-0.05, 0) is 72.9 Å². The monoisotopic (exact) mass is 454 g/mol. The summed E-state index contributed by atoms with van der Waals surface area (Å²) >= 11 is 0. The van der Waals surface area contributed by atoms with Crippen molar-refractivity contribution in [2.75, 3.05) is 6.54 Å². The zero-order chi connectivity index (χ0) is 24.8. The Kier molecular flexibility index (Phi) is 8.26. The first-order valence-corrected chi connectivity index (χ1v) is 11.1. The summed E-state index contributed by atoms with van der Waals surface area (Å²) in [7, 11) is 0. The molecule has 0 saturated heterocycles. The average Bonchev–Trinajstić information content (AvgIpc) is 2.67. The fourth-order valence-electron chi connectivity index (χ4n) is 3.19. The van der Waals surface area contributed by atoms with Crippen LogP contribution >= 0.6 is 0 Å². The maximum atomic E-state index is 12.2. The molecule has 0 aliphatic carbocycles. The lowest BCUT2D eigenvalue weighted by Crippen LogP contribution is -2.34. The summed E-state index contributed by atoms with van der Waals surface area (Å²) in [6.45, 7) is 13.1. The predicted octanol–water partition coefficient (Wildman–Crippen LogP) is 5.15. The molecule has 8 nitrogen and oxygen atoms in total. The number of nitriles is 1. The van der Waals surface area contributed by atoms with Crippen LogP contribution in [0.1, 0.15) is 77.7 Å². The fourth-order valence-corrected chi connectivity index (χ4v) is 3.19. The molecule has 8 heteroatoms. The molecule has 1 heterocycles. The Balaban J connectivity index is 2.18. The highest BCUT2D eigenvalue weighted by atomic mass is 16.6. The van der Waals surface area contributed by atoms with Crippen LogP contribution in [0.4, 0.5) is 9.59 Å². The summed E-state index contributed by atoms with van der Waals surface area (Å²) in [5.74, 6) is 0. The normalized spacial score (nSPS) is 12.5. The van der Waals surface area contributed by atoms with E-state index in [-0.39, 0.29) is 0 Å². The Morgan fingerprint density at radius 1 is 1.09 bits per heavy atom. The second kappa shape index (κ2) is 10.5. The van der Waals surface area contributed by atoms with Gasteiger partial charge in [0, 0.05) is 11.9 Å². The summed E-state index contributed by atoms with van der Waals surface area (Å²) in [5, 5.41) is 16.0. The van der Waals surface area contributed by atoms with Crippen molar-refractivity contribution < 1.29 is 19.1 Å². The summed E-state index contributed by atoms with van der Waals surface area (Å²) in [5.41, 5.74) is 1.57. The van der Waals surface area contributed by atoms with E-state index in [9.17, 15) is 14.9 Å². The molecule has 1 aromatic heterocycles. The largest absolute Gasteiger partial charge is 0.444 e. The minimum Gasteiger partial charge on any atom is -0.444 e. The van der Waals surface area contributed by atoms with Crippen LogP contribution < -0.4 is 10.6 Å². The van der Waals surface area contributed by atoms with Gasteiger partial charge in [-0.25, -0.2) is 9.59 Å². The molecule has 0 bridgehead atoms. The Labute approximate surface area is 195 Å². The molecule has 0 saturated carbocycles. The maximum absolute atomic E-state index is 12.2. The molecular weight excluding hydrogens is 420 g/mol. The van der Waals surface area contributed by atoms with Gasteiger partial charge >= 0.3 is 12.2 Å². The van der Waals surface area contributed by atoms with E-state index < -0.39 is 29.4 Å². The summed E-state index contributed by atoms with van der Waals surface area (Å²) in [6, 6.07) is 9.19. The van der Waals surface area contributed by atoms with E-state index in [1.165, 1.54) is 0 Å². The number of fused-ring (bicyclic) bond motifs is 1. The third-order valence-corrected chi connectivity index (χ3v) is 4.53. The van der Waals surface area contributed by atoms with E-state index >= 15 is 0 Å². The van der Waals surface area contributed by atoms with Crippen LogP contribution in [0.25, 0.3) is 10.9 Å².